The van der Waals surface area contributed by atoms with Gasteiger partial charge in [0.25, 0.3) is 0 Å². The summed E-state index contributed by atoms with van der Waals surface area (Å²) in [5.41, 5.74) is 3.68. The van der Waals surface area contributed by atoms with Crippen LogP contribution in [0.15, 0.2) is 29.8 Å². The average molecular weight is 144 g/mol. The van der Waals surface area contributed by atoms with Gasteiger partial charge in [0.2, 0.25) is 0 Å². The summed E-state index contributed by atoms with van der Waals surface area (Å²) in [6.45, 7) is 2.02. The highest BCUT2D eigenvalue weighted by Gasteiger charge is 2.08. The Morgan fingerprint density at radius 3 is 2.82 bits per heavy atom. The van der Waals surface area contributed by atoms with Gasteiger partial charge in [-0.05, 0) is 19.1 Å². The molecule has 1 aliphatic rings. The van der Waals surface area contributed by atoms with E-state index in [2.05, 4.69) is 29.6 Å². The van der Waals surface area contributed by atoms with E-state index in [9.17, 15) is 0 Å². The minimum Gasteiger partial charge on any atom is -0.258 e. The number of nitrogens with zero attached hydrogens (tertiary/aromatic N) is 1. The third kappa shape index (κ3) is 1.67. The summed E-state index contributed by atoms with van der Waals surface area (Å²) in [6.07, 6.45) is 5.26. The average Bonchev–Trinajstić information content (AvgIpc) is 2.71. The van der Waals surface area contributed by atoms with Gasteiger partial charge < -0.3 is 0 Å². The molecular weight excluding hydrogens is 134 g/mol. The standard InChI is InChI=1S/C10H10N/c1-8-3-2-4-10(11-8)7-9-5-6-9/h2-6H,7H2,1H3. The van der Waals surface area contributed by atoms with E-state index in [4.69, 9.17) is 0 Å². The lowest BCUT2D eigenvalue weighted by atomic mass is 10.2. The van der Waals surface area contributed by atoms with Gasteiger partial charge in [0, 0.05) is 24.2 Å². The summed E-state index contributed by atoms with van der Waals surface area (Å²) in [7, 11) is 0. The first-order valence-corrected chi connectivity index (χ1v) is 3.81. The molecule has 0 aromatic carbocycles. The second-order valence-corrected chi connectivity index (χ2v) is 2.86. The summed E-state index contributed by atoms with van der Waals surface area (Å²) in [6, 6.07) is 6.15. The monoisotopic (exact) mass is 144 g/mol. The first kappa shape index (κ1) is 6.59. The molecular formula is C10H10N. The minimum atomic E-state index is 1.00. The van der Waals surface area contributed by atoms with Crippen LogP contribution in [0.1, 0.15) is 11.4 Å². The Balaban J connectivity index is 2.16. The van der Waals surface area contributed by atoms with Crippen LogP contribution in [0.4, 0.5) is 0 Å². The Morgan fingerprint density at radius 2 is 2.18 bits per heavy atom. The molecule has 55 valence electrons. The predicted octanol–water partition coefficient (Wildman–Crippen LogP) is 2.08. The van der Waals surface area contributed by atoms with Crippen LogP contribution in [0.25, 0.3) is 0 Å². The molecule has 1 nitrogen and oxygen atoms in total. The van der Waals surface area contributed by atoms with Crippen molar-refractivity contribution in [1.29, 1.82) is 0 Å². The first-order chi connectivity index (χ1) is 5.34. The zero-order chi connectivity index (χ0) is 7.68. The van der Waals surface area contributed by atoms with Crippen LogP contribution >= 0.6 is 0 Å². The molecule has 1 aliphatic carbocycles. The molecule has 1 aromatic heterocycles. The lowest BCUT2D eigenvalue weighted by molar-refractivity contribution is 1.05. The van der Waals surface area contributed by atoms with Crippen LogP contribution in [-0.4, -0.2) is 4.98 Å². The van der Waals surface area contributed by atoms with Crippen molar-refractivity contribution in [3.63, 3.8) is 0 Å². The van der Waals surface area contributed by atoms with Gasteiger partial charge in [-0.2, -0.15) is 0 Å². The Kier molecular flexibility index (Phi) is 1.50. The van der Waals surface area contributed by atoms with E-state index in [1.807, 2.05) is 13.0 Å². The second-order valence-electron chi connectivity index (χ2n) is 2.86. The van der Waals surface area contributed by atoms with E-state index < -0.39 is 0 Å². The fourth-order valence-corrected chi connectivity index (χ4v) is 1.08. The fourth-order valence-electron chi connectivity index (χ4n) is 1.08. The smallest absolute Gasteiger partial charge is 0.0447 e. The number of hydrogen-bond donors (Lipinski definition) is 0. The van der Waals surface area contributed by atoms with Crippen LogP contribution in [0.3, 0.4) is 0 Å². The van der Waals surface area contributed by atoms with Gasteiger partial charge in [-0.1, -0.05) is 17.7 Å². The third-order valence-corrected chi connectivity index (χ3v) is 1.73. The lowest BCUT2D eigenvalue weighted by Crippen LogP contribution is -1.89. The molecule has 1 heterocycles. The number of pyridine rings is 1. The molecule has 2 rings (SSSR count). The van der Waals surface area contributed by atoms with Crippen molar-refractivity contribution in [2.45, 2.75) is 13.3 Å². The second kappa shape index (κ2) is 2.50. The Hall–Kier alpha value is -1.11. The summed E-state index contributed by atoms with van der Waals surface area (Å²) in [5.74, 6) is 0. The maximum Gasteiger partial charge on any atom is 0.0447 e. The SMILES string of the molecule is Cc1cccc(CC2=C[CH]2)n1. The van der Waals surface area contributed by atoms with Gasteiger partial charge in [0.05, 0.1) is 0 Å². The van der Waals surface area contributed by atoms with E-state index in [0.29, 0.717) is 0 Å². The summed E-state index contributed by atoms with van der Waals surface area (Å²) < 4.78 is 0. The molecule has 0 atom stereocenters. The molecule has 0 amide bonds. The summed E-state index contributed by atoms with van der Waals surface area (Å²) >= 11 is 0. The highest BCUT2D eigenvalue weighted by Crippen LogP contribution is 2.20. The van der Waals surface area contributed by atoms with Crippen molar-refractivity contribution in [3.8, 4) is 0 Å². The minimum absolute atomic E-state index is 1.00. The van der Waals surface area contributed by atoms with Crippen molar-refractivity contribution in [1.82, 2.24) is 4.98 Å². The highest BCUT2D eigenvalue weighted by molar-refractivity contribution is 5.41. The van der Waals surface area contributed by atoms with Gasteiger partial charge in [-0.25, -0.2) is 0 Å². The van der Waals surface area contributed by atoms with E-state index in [1.54, 1.807) is 0 Å². The van der Waals surface area contributed by atoms with Crippen molar-refractivity contribution < 1.29 is 0 Å². The summed E-state index contributed by atoms with van der Waals surface area (Å²) in [4.78, 5) is 4.39. The highest BCUT2D eigenvalue weighted by atomic mass is 14.7. The molecule has 1 radical (unpaired) electrons. The molecule has 0 N–H and O–H groups in total. The molecule has 0 spiro atoms. The number of aromatic nitrogens is 1. The normalized spacial score (nSPS) is 14.5. The Bertz CT molecular complexity index is 299. The maximum atomic E-state index is 4.39. The fraction of sp³-hybridized carbons (Fsp3) is 0.200. The Labute approximate surface area is 66.8 Å². The van der Waals surface area contributed by atoms with E-state index in [-0.39, 0.29) is 0 Å². The molecule has 0 fully saturated rings. The maximum absolute atomic E-state index is 4.39. The molecule has 1 aromatic rings. The number of aryl methyl sites for hydroxylation is 1. The molecule has 1 heteroatoms. The third-order valence-electron chi connectivity index (χ3n) is 1.73. The van der Waals surface area contributed by atoms with Crippen LogP contribution in [0.2, 0.25) is 0 Å². The molecule has 11 heavy (non-hydrogen) atoms. The van der Waals surface area contributed by atoms with Gasteiger partial charge in [-0.3, -0.25) is 4.98 Å². The quantitative estimate of drug-likeness (QED) is 0.619. The van der Waals surface area contributed by atoms with Gasteiger partial charge in [0.15, 0.2) is 0 Å². The first-order valence-electron chi connectivity index (χ1n) is 3.81. The van der Waals surface area contributed by atoms with Crippen LogP contribution in [0.5, 0.6) is 0 Å². The summed E-state index contributed by atoms with van der Waals surface area (Å²) in [5, 5.41) is 0. The molecule has 0 bridgehead atoms. The van der Waals surface area contributed by atoms with E-state index in [0.717, 1.165) is 12.1 Å². The van der Waals surface area contributed by atoms with Gasteiger partial charge >= 0.3 is 0 Å². The van der Waals surface area contributed by atoms with Crippen molar-refractivity contribution in [3.05, 3.63) is 47.7 Å². The van der Waals surface area contributed by atoms with E-state index in [1.165, 1.54) is 11.3 Å². The topological polar surface area (TPSA) is 12.9 Å². The van der Waals surface area contributed by atoms with Crippen molar-refractivity contribution in [2.75, 3.05) is 0 Å². The predicted molar refractivity (Wildman–Crippen MR) is 45.1 cm³/mol. The van der Waals surface area contributed by atoms with Crippen LogP contribution in [-0.2, 0) is 6.42 Å². The van der Waals surface area contributed by atoms with Gasteiger partial charge in [0.1, 0.15) is 0 Å². The number of hydrogen-bond acceptors (Lipinski definition) is 1. The van der Waals surface area contributed by atoms with Crippen molar-refractivity contribution in [2.24, 2.45) is 0 Å². The van der Waals surface area contributed by atoms with E-state index >= 15 is 0 Å². The lowest BCUT2D eigenvalue weighted by Gasteiger charge is -1.96. The van der Waals surface area contributed by atoms with Crippen LogP contribution < -0.4 is 0 Å². The molecule has 0 saturated heterocycles. The number of rotatable bonds is 2. The molecule has 0 saturated carbocycles. The zero-order valence-corrected chi connectivity index (χ0v) is 6.54. The largest absolute Gasteiger partial charge is 0.258 e. The zero-order valence-electron chi connectivity index (χ0n) is 6.54. The van der Waals surface area contributed by atoms with Crippen LogP contribution in [0, 0.1) is 13.3 Å². The number of allylic oxidation sites excluding steroid dienone is 2. The molecule has 0 unspecified atom stereocenters. The van der Waals surface area contributed by atoms with Crippen molar-refractivity contribution >= 4 is 0 Å². The van der Waals surface area contributed by atoms with Gasteiger partial charge in [-0.15, -0.1) is 0 Å². The Morgan fingerprint density at radius 1 is 1.36 bits per heavy atom. The molecule has 0 aliphatic heterocycles.